The summed E-state index contributed by atoms with van der Waals surface area (Å²) in [5.74, 6) is 0.437. The number of carbonyl (C=O) groups excluding carboxylic acids is 2. The first-order chi connectivity index (χ1) is 12.9. The minimum atomic E-state index is -0.340. The van der Waals surface area contributed by atoms with Gasteiger partial charge in [0, 0.05) is 25.5 Å². The zero-order valence-corrected chi connectivity index (χ0v) is 17.6. The van der Waals surface area contributed by atoms with E-state index in [1.165, 1.54) is 16.7 Å². The summed E-state index contributed by atoms with van der Waals surface area (Å²) >= 11 is 2.99. The van der Waals surface area contributed by atoms with E-state index in [9.17, 15) is 9.59 Å². The fraction of sp³-hybridized carbons (Fsp3) is 0.444. The minimum Gasteiger partial charge on any atom is -0.466 e. The maximum absolute atomic E-state index is 12.4. The van der Waals surface area contributed by atoms with Crippen LogP contribution >= 0.6 is 23.5 Å². The molecule has 0 fully saturated rings. The average Bonchev–Trinajstić information content (AvgIpc) is 3.00. The van der Waals surface area contributed by atoms with Crippen LogP contribution in [0.2, 0.25) is 0 Å². The van der Waals surface area contributed by atoms with Crippen molar-refractivity contribution in [2.24, 2.45) is 7.05 Å². The smallest absolute Gasteiger partial charge is 0.313 e. The Morgan fingerprint density at radius 3 is 2.56 bits per heavy atom. The molecule has 2 rings (SSSR count). The van der Waals surface area contributed by atoms with E-state index in [-0.39, 0.29) is 24.1 Å². The van der Waals surface area contributed by atoms with Crippen LogP contribution in [0.4, 0.5) is 0 Å². The Kier molecular flexibility index (Phi) is 8.18. The summed E-state index contributed by atoms with van der Waals surface area (Å²) in [4.78, 5) is 26.9. The van der Waals surface area contributed by atoms with Crippen LogP contribution in [0.25, 0.3) is 0 Å². The second-order valence-electron chi connectivity index (χ2n) is 5.83. The van der Waals surface area contributed by atoms with E-state index in [1.54, 1.807) is 42.2 Å². The van der Waals surface area contributed by atoms with Crippen molar-refractivity contribution in [1.29, 1.82) is 0 Å². The van der Waals surface area contributed by atoms with Crippen LogP contribution < -0.4 is 0 Å². The van der Waals surface area contributed by atoms with Gasteiger partial charge in [-0.1, -0.05) is 23.9 Å². The van der Waals surface area contributed by atoms with Gasteiger partial charge in [0.25, 0.3) is 0 Å². The van der Waals surface area contributed by atoms with E-state index in [0.29, 0.717) is 24.1 Å². The number of ether oxygens (including phenoxy) is 1. The Morgan fingerprint density at radius 2 is 1.93 bits per heavy atom. The number of amides is 1. The van der Waals surface area contributed by atoms with Crippen molar-refractivity contribution in [3.8, 4) is 0 Å². The quantitative estimate of drug-likeness (QED) is 0.466. The van der Waals surface area contributed by atoms with Gasteiger partial charge in [-0.25, -0.2) is 0 Å². The van der Waals surface area contributed by atoms with Gasteiger partial charge in [0.2, 0.25) is 5.91 Å². The van der Waals surface area contributed by atoms with Gasteiger partial charge in [0.15, 0.2) is 5.16 Å². The van der Waals surface area contributed by atoms with Crippen LogP contribution in [0.5, 0.6) is 0 Å². The molecule has 1 aromatic carbocycles. The third-order valence-electron chi connectivity index (χ3n) is 3.86. The maximum Gasteiger partial charge on any atom is 0.313 e. The highest BCUT2D eigenvalue weighted by atomic mass is 32.2. The summed E-state index contributed by atoms with van der Waals surface area (Å²) in [5, 5.41) is 8.67. The topological polar surface area (TPSA) is 77.3 Å². The molecule has 7 nitrogen and oxygen atoms in total. The Labute approximate surface area is 167 Å². The van der Waals surface area contributed by atoms with Crippen LogP contribution in [0.3, 0.4) is 0 Å². The molecule has 0 bridgehead atoms. The molecular formula is C18H24N4O3S2. The highest BCUT2D eigenvalue weighted by molar-refractivity contribution is 7.99. The van der Waals surface area contributed by atoms with Gasteiger partial charge >= 0.3 is 5.97 Å². The van der Waals surface area contributed by atoms with Gasteiger partial charge in [-0.3, -0.25) is 9.59 Å². The SMILES string of the molecule is CCOC(=O)Cc1nnc(SCC(=O)N(C)Cc2ccc(SC)cc2)n1C. The highest BCUT2D eigenvalue weighted by Gasteiger charge is 2.16. The van der Waals surface area contributed by atoms with Crippen LogP contribution in [-0.2, 0) is 34.3 Å². The van der Waals surface area contributed by atoms with Crippen molar-refractivity contribution in [3.63, 3.8) is 0 Å². The molecule has 1 amide bonds. The van der Waals surface area contributed by atoms with E-state index in [0.717, 1.165) is 5.56 Å². The normalized spacial score (nSPS) is 10.7. The fourth-order valence-corrected chi connectivity index (χ4v) is 3.57. The number of hydrogen-bond donors (Lipinski definition) is 0. The van der Waals surface area contributed by atoms with Crippen molar-refractivity contribution in [1.82, 2.24) is 19.7 Å². The van der Waals surface area contributed by atoms with E-state index >= 15 is 0 Å². The van der Waals surface area contributed by atoms with Gasteiger partial charge in [-0.2, -0.15) is 0 Å². The third kappa shape index (κ3) is 6.28. The van der Waals surface area contributed by atoms with Crippen molar-refractivity contribution in [2.75, 3.05) is 25.7 Å². The number of carbonyl (C=O) groups is 2. The molecule has 9 heteroatoms. The molecule has 0 aliphatic heterocycles. The van der Waals surface area contributed by atoms with Crippen LogP contribution in [0, 0.1) is 0 Å². The fourth-order valence-electron chi connectivity index (χ4n) is 2.30. The number of benzene rings is 1. The summed E-state index contributed by atoms with van der Waals surface area (Å²) < 4.78 is 6.64. The predicted molar refractivity (Wildman–Crippen MR) is 107 cm³/mol. The maximum atomic E-state index is 12.4. The van der Waals surface area contributed by atoms with Crippen molar-refractivity contribution in [3.05, 3.63) is 35.7 Å². The molecule has 0 spiro atoms. The number of nitrogens with zero attached hydrogens (tertiary/aromatic N) is 4. The van der Waals surface area contributed by atoms with Crippen LogP contribution in [0.1, 0.15) is 18.3 Å². The van der Waals surface area contributed by atoms with Crippen molar-refractivity contribution in [2.45, 2.75) is 29.9 Å². The summed E-state index contributed by atoms with van der Waals surface area (Å²) in [7, 11) is 3.56. The predicted octanol–water partition coefficient (Wildman–Crippen LogP) is 2.39. The summed E-state index contributed by atoms with van der Waals surface area (Å²) in [6.45, 7) is 2.65. The van der Waals surface area contributed by atoms with Gasteiger partial charge in [0.05, 0.1) is 12.4 Å². The molecule has 2 aromatic rings. The molecule has 0 radical (unpaired) electrons. The Morgan fingerprint density at radius 1 is 1.22 bits per heavy atom. The Hall–Kier alpha value is -2.00. The molecular weight excluding hydrogens is 384 g/mol. The third-order valence-corrected chi connectivity index (χ3v) is 5.61. The lowest BCUT2D eigenvalue weighted by Crippen LogP contribution is -2.27. The molecule has 1 aromatic heterocycles. The summed E-state index contributed by atoms with van der Waals surface area (Å²) in [5.41, 5.74) is 1.09. The first-order valence-electron chi connectivity index (χ1n) is 8.48. The first-order valence-corrected chi connectivity index (χ1v) is 10.7. The summed E-state index contributed by atoms with van der Waals surface area (Å²) in [6.07, 6.45) is 2.10. The average molecular weight is 409 g/mol. The monoisotopic (exact) mass is 408 g/mol. The van der Waals surface area contributed by atoms with E-state index < -0.39 is 0 Å². The number of hydrogen-bond acceptors (Lipinski definition) is 7. The zero-order valence-electron chi connectivity index (χ0n) is 16.0. The van der Waals surface area contributed by atoms with Crippen LogP contribution in [0.15, 0.2) is 34.3 Å². The van der Waals surface area contributed by atoms with Gasteiger partial charge in [0.1, 0.15) is 12.2 Å². The van der Waals surface area contributed by atoms with E-state index in [2.05, 4.69) is 22.3 Å². The Bertz CT molecular complexity index is 777. The summed E-state index contributed by atoms with van der Waals surface area (Å²) in [6, 6.07) is 8.18. The molecule has 27 heavy (non-hydrogen) atoms. The first kappa shape index (κ1) is 21.3. The van der Waals surface area contributed by atoms with Crippen molar-refractivity contribution >= 4 is 35.4 Å². The minimum absolute atomic E-state index is 0.00360. The molecule has 0 aliphatic carbocycles. The van der Waals surface area contributed by atoms with Crippen LogP contribution in [-0.4, -0.2) is 57.2 Å². The lowest BCUT2D eigenvalue weighted by atomic mass is 10.2. The van der Waals surface area contributed by atoms with E-state index in [1.807, 2.05) is 18.4 Å². The van der Waals surface area contributed by atoms with E-state index in [4.69, 9.17) is 4.74 Å². The number of esters is 1. The second kappa shape index (κ2) is 10.4. The van der Waals surface area contributed by atoms with Crippen molar-refractivity contribution < 1.29 is 14.3 Å². The molecule has 0 unspecified atom stereocenters. The second-order valence-corrected chi connectivity index (χ2v) is 7.65. The lowest BCUT2D eigenvalue weighted by molar-refractivity contribution is -0.142. The molecule has 0 atom stereocenters. The number of aromatic nitrogens is 3. The standard InChI is InChI=1S/C18H24N4O3S2/c1-5-25-17(24)10-15-19-20-18(22(15)3)27-12-16(23)21(2)11-13-6-8-14(26-4)9-7-13/h6-9H,5,10-12H2,1-4H3. The molecule has 0 N–H and O–H groups in total. The zero-order chi connectivity index (χ0) is 19.8. The lowest BCUT2D eigenvalue weighted by Gasteiger charge is -2.17. The Balaban J connectivity index is 1.87. The molecule has 0 saturated carbocycles. The largest absolute Gasteiger partial charge is 0.466 e. The molecule has 0 aliphatic rings. The highest BCUT2D eigenvalue weighted by Crippen LogP contribution is 2.18. The number of rotatable bonds is 9. The number of thioether (sulfide) groups is 2. The van der Waals surface area contributed by atoms with Gasteiger partial charge in [-0.15, -0.1) is 22.0 Å². The van der Waals surface area contributed by atoms with Gasteiger partial charge < -0.3 is 14.2 Å². The molecule has 1 heterocycles. The van der Waals surface area contributed by atoms with Gasteiger partial charge in [-0.05, 0) is 30.9 Å². The molecule has 146 valence electrons. The molecule has 0 saturated heterocycles.